The van der Waals surface area contributed by atoms with E-state index in [-0.39, 0.29) is 12.1 Å². The van der Waals surface area contributed by atoms with Gasteiger partial charge in [0.15, 0.2) is 11.6 Å². The fourth-order valence-corrected chi connectivity index (χ4v) is 2.03. The molecule has 0 saturated carbocycles. The van der Waals surface area contributed by atoms with E-state index in [0.29, 0.717) is 5.75 Å². The van der Waals surface area contributed by atoms with Crippen LogP contribution in [0.25, 0.3) is 0 Å². The van der Waals surface area contributed by atoms with Crippen molar-refractivity contribution in [2.24, 2.45) is 0 Å². The smallest absolute Gasteiger partial charge is 0.163 e. The highest BCUT2D eigenvalue weighted by molar-refractivity contribution is 9.10. The van der Waals surface area contributed by atoms with E-state index in [1.807, 2.05) is 6.07 Å². The molecule has 0 amide bonds. The third kappa shape index (κ3) is 3.23. The first-order valence-corrected chi connectivity index (χ1v) is 6.41. The van der Waals surface area contributed by atoms with Crippen molar-refractivity contribution in [3.63, 3.8) is 0 Å². The quantitative estimate of drug-likeness (QED) is 0.901. The minimum absolute atomic E-state index is 0.190. The van der Waals surface area contributed by atoms with Crippen LogP contribution in [0.5, 0.6) is 5.75 Å². The highest BCUT2D eigenvalue weighted by Gasteiger charge is 2.08. The van der Waals surface area contributed by atoms with Crippen molar-refractivity contribution in [1.82, 2.24) is 0 Å². The van der Waals surface area contributed by atoms with Crippen molar-refractivity contribution < 1.29 is 13.5 Å². The summed E-state index contributed by atoms with van der Waals surface area (Å²) in [6.45, 7) is 0.190. The molecule has 0 heterocycles. The number of hydrogen-bond acceptors (Lipinski definition) is 2. The Morgan fingerprint density at radius 2 is 2.00 bits per heavy atom. The van der Waals surface area contributed by atoms with Crippen LogP contribution in [0.1, 0.15) is 5.56 Å². The second kappa shape index (κ2) is 6.02. The van der Waals surface area contributed by atoms with Gasteiger partial charge >= 0.3 is 0 Å². The molecule has 0 aromatic heterocycles. The summed E-state index contributed by atoms with van der Waals surface area (Å²) in [4.78, 5) is 0. The number of anilines is 1. The molecule has 0 bridgehead atoms. The molecule has 0 atom stereocenters. The molecule has 1 N–H and O–H groups in total. The van der Waals surface area contributed by atoms with Crippen LogP contribution in [0.4, 0.5) is 14.5 Å². The van der Waals surface area contributed by atoms with E-state index < -0.39 is 11.6 Å². The summed E-state index contributed by atoms with van der Waals surface area (Å²) in [6.07, 6.45) is 0. The van der Waals surface area contributed by atoms with Gasteiger partial charge < -0.3 is 10.1 Å². The van der Waals surface area contributed by atoms with Crippen molar-refractivity contribution in [1.29, 1.82) is 0 Å². The second-order valence-corrected chi connectivity index (χ2v) is 4.77. The number of nitrogens with one attached hydrogen (secondary N) is 1. The van der Waals surface area contributed by atoms with Crippen LogP contribution in [0.15, 0.2) is 40.9 Å². The van der Waals surface area contributed by atoms with Crippen molar-refractivity contribution in [3.8, 4) is 5.75 Å². The Bertz CT molecular complexity index is 590. The summed E-state index contributed by atoms with van der Waals surface area (Å²) >= 11 is 3.38. The third-order valence-corrected chi connectivity index (χ3v) is 3.37. The van der Waals surface area contributed by atoms with E-state index in [1.165, 1.54) is 6.07 Å². The lowest BCUT2D eigenvalue weighted by atomic mass is 10.2. The molecule has 0 spiro atoms. The first kappa shape index (κ1) is 13.8. The van der Waals surface area contributed by atoms with Crippen molar-refractivity contribution in [2.75, 3.05) is 12.4 Å². The lowest BCUT2D eigenvalue weighted by Gasteiger charge is -2.11. The van der Waals surface area contributed by atoms with Gasteiger partial charge in [0.25, 0.3) is 0 Å². The van der Waals surface area contributed by atoms with Crippen LogP contribution in [-0.2, 0) is 6.54 Å². The molecule has 0 aliphatic rings. The molecule has 19 heavy (non-hydrogen) atoms. The average molecular weight is 328 g/mol. The van der Waals surface area contributed by atoms with Gasteiger partial charge in [-0.1, -0.05) is 12.1 Å². The molecular formula is C14H12BrF2NO. The normalized spacial score (nSPS) is 10.3. The Kier molecular flexibility index (Phi) is 4.37. The lowest BCUT2D eigenvalue weighted by molar-refractivity contribution is 0.415. The largest absolute Gasteiger partial charge is 0.497 e. The first-order chi connectivity index (χ1) is 9.11. The van der Waals surface area contributed by atoms with Crippen LogP contribution in [0, 0.1) is 11.6 Å². The maximum atomic E-state index is 13.5. The standard InChI is InChI=1S/C14H12BrF2NO/c1-19-10-5-6-11(15)13(7-10)18-8-9-3-2-4-12(16)14(9)17/h2-7,18H,8H2,1H3. The molecule has 2 rings (SSSR count). The third-order valence-electron chi connectivity index (χ3n) is 2.67. The highest BCUT2D eigenvalue weighted by Crippen LogP contribution is 2.27. The molecule has 2 aromatic carbocycles. The minimum Gasteiger partial charge on any atom is -0.497 e. The van der Waals surface area contributed by atoms with E-state index >= 15 is 0 Å². The SMILES string of the molecule is COc1ccc(Br)c(NCc2cccc(F)c2F)c1. The fraction of sp³-hybridized carbons (Fsp3) is 0.143. The minimum atomic E-state index is -0.844. The second-order valence-electron chi connectivity index (χ2n) is 3.91. The van der Waals surface area contributed by atoms with Gasteiger partial charge in [-0.25, -0.2) is 8.78 Å². The summed E-state index contributed by atoms with van der Waals surface area (Å²) in [6, 6.07) is 9.53. The monoisotopic (exact) mass is 327 g/mol. The lowest BCUT2D eigenvalue weighted by Crippen LogP contribution is -2.04. The zero-order chi connectivity index (χ0) is 13.8. The summed E-state index contributed by atoms with van der Waals surface area (Å²) in [5.74, 6) is -0.983. The highest BCUT2D eigenvalue weighted by atomic mass is 79.9. The van der Waals surface area contributed by atoms with Crippen LogP contribution in [0.2, 0.25) is 0 Å². The van der Waals surface area contributed by atoms with Gasteiger partial charge in [-0.15, -0.1) is 0 Å². The van der Waals surface area contributed by atoms with Crippen LogP contribution < -0.4 is 10.1 Å². The average Bonchev–Trinajstić information content (AvgIpc) is 2.42. The molecule has 0 saturated heterocycles. The van der Waals surface area contributed by atoms with E-state index in [2.05, 4.69) is 21.2 Å². The van der Waals surface area contributed by atoms with Gasteiger partial charge in [0.2, 0.25) is 0 Å². The Balaban J connectivity index is 2.16. The van der Waals surface area contributed by atoms with Crippen molar-refractivity contribution in [3.05, 3.63) is 58.1 Å². The van der Waals surface area contributed by atoms with Gasteiger partial charge in [0, 0.05) is 22.6 Å². The molecule has 0 aliphatic carbocycles. The maximum absolute atomic E-state index is 13.5. The molecule has 0 radical (unpaired) electrons. The summed E-state index contributed by atoms with van der Waals surface area (Å²) in [5.41, 5.74) is 1.03. The van der Waals surface area contributed by atoms with E-state index in [0.717, 1.165) is 16.2 Å². The molecule has 0 aliphatic heterocycles. The van der Waals surface area contributed by atoms with Crippen molar-refractivity contribution >= 4 is 21.6 Å². The van der Waals surface area contributed by atoms with E-state index in [4.69, 9.17) is 4.74 Å². The van der Waals surface area contributed by atoms with Crippen LogP contribution >= 0.6 is 15.9 Å². The number of hydrogen-bond donors (Lipinski definition) is 1. The van der Waals surface area contributed by atoms with Gasteiger partial charge in [-0.05, 0) is 34.1 Å². The predicted molar refractivity (Wildman–Crippen MR) is 74.4 cm³/mol. The van der Waals surface area contributed by atoms with E-state index in [1.54, 1.807) is 25.3 Å². The number of rotatable bonds is 4. The molecule has 100 valence electrons. The van der Waals surface area contributed by atoms with Gasteiger partial charge in [0.1, 0.15) is 5.75 Å². The Labute approximate surface area is 118 Å². The molecular weight excluding hydrogens is 316 g/mol. The van der Waals surface area contributed by atoms with Crippen LogP contribution in [0.3, 0.4) is 0 Å². The Morgan fingerprint density at radius 3 is 2.74 bits per heavy atom. The maximum Gasteiger partial charge on any atom is 0.163 e. The Hall–Kier alpha value is -1.62. The first-order valence-electron chi connectivity index (χ1n) is 5.62. The van der Waals surface area contributed by atoms with Gasteiger partial charge in [0.05, 0.1) is 12.8 Å². The van der Waals surface area contributed by atoms with E-state index in [9.17, 15) is 8.78 Å². The topological polar surface area (TPSA) is 21.3 Å². The zero-order valence-electron chi connectivity index (χ0n) is 10.2. The number of benzene rings is 2. The predicted octanol–water partition coefficient (Wildman–Crippen LogP) is 4.35. The summed E-state index contributed by atoms with van der Waals surface area (Å²) < 4.78 is 32.5. The summed E-state index contributed by atoms with van der Waals surface area (Å²) in [7, 11) is 1.57. The van der Waals surface area contributed by atoms with Gasteiger partial charge in [-0.3, -0.25) is 0 Å². The molecule has 0 fully saturated rings. The molecule has 5 heteroatoms. The van der Waals surface area contributed by atoms with Crippen molar-refractivity contribution in [2.45, 2.75) is 6.54 Å². The zero-order valence-corrected chi connectivity index (χ0v) is 11.8. The number of methoxy groups -OCH3 is 1. The number of halogens is 3. The summed E-state index contributed by atoms with van der Waals surface area (Å²) in [5, 5.41) is 3.04. The molecule has 0 unspecified atom stereocenters. The Morgan fingerprint density at radius 1 is 1.21 bits per heavy atom. The van der Waals surface area contributed by atoms with Gasteiger partial charge in [-0.2, -0.15) is 0 Å². The number of ether oxygens (including phenoxy) is 1. The molecule has 2 aromatic rings. The fourth-order valence-electron chi connectivity index (χ4n) is 1.64. The molecule has 2 nitrogen and oxygen atoms in total. The van der Waals surface area contributed by atoms with Crippen LogP contribution in [-0.4, -0.2) is 7.11 Å².